The molecule has 2 aliphatic heterocycles. The molecule has 2 heterocycles. The minimum Gasteiger partial charge on any atom is -0.489 e. The van der Waals surface area contributed by atoms with Gasteiger partial charge in [-0.25, -0.2) is 0 Å². The van der Waals surface area contributed by atoms with Crippen molar-refractivity contribution in [3.05, 3.63) is 60.2 Å². The first-order chi connectivity index (χ1) is 15.8. The van der Waals surface area contributed by atoms with E-state index in [0.717, 1.165) is 43.2 Å². The lowest BCUT2D eigenvalue weighted by Gasteiger charge is -2.39. The molecule has 0 aromatic heterocycles. The van der Waals surface area contributed by atoms with E-state index in [1.54, 1.807) is 0 Å². The Hall–Kier alpha value is -2.90. The van der Waals surface area contributed by atoms with Crippen LogP contribution >= 0.6 is 0 Å². The van der Waals surface area contributed by atoms with Gasteiger partial charge in [0, 0.05) is 31.7 Å². The third kappa shape index (κ3) is 5.92. The molecule has 0 radical (unpaired) electrons. The van der Waals surface area contributed by atoms with E-state index in [9.17, 15) is 9.59 Å². The summed E-state index contributed by atoms with van der Waals surface area (Å²) >= 11 is 0. The van der Waals surface area contributed by atoms with Crippen LogP contribution < -0.4 is 15.0 Å². The van der Waals surface area contributed by atoms with E-state index in [0.29, 0.717) is 19.7 Å². The van der Waals surface area contributed by atoms with Gasteiger partial charge in [0.2, 0.25) is 11.8 Å². The van der Waals surface area contributed by atoms with Gasteiger partial charge >= 0.3 is 0 Å². The molecule has 2 aliphatic rings. The molecule has 7 nitrogen and oxygen atoms in total. The molecule has 33 heavy (non-hydrogen) atoms. The zero-order valence-electron chi connectivity index (χ0n) is 19.8. The minimum atomic E-state index is -0.227. The fraction of sp³-hybridized carbons (Fsp3) is 0.462. The van der Waals surface area contributed by atoms with E-state index in [4.69, 9.17) is 4.74 Å². The van der Waals surface area contributed by atoms with Crippen molar-refractivity contribution in [2.75, 3.05) is 50.8 Å². The third-order valence-electron chi connectivity index (χ3n) is 5.99. The summed E-state index contributed by atoms with van der Waals surface area (Å²) in [4.78, 5) is 32.1. The van der Waals surface area contributed by atoms with E-state index in [1.807, 2.05) is 80.3 Å². The maximum atomic E-state index is 13.6. The van der Waals surface area contributed by atoms with Crippen LogP contribution in [0.5, 0.6) is 5.75 Å². The largest absolute Gasteiger partial charge is 0.489 e. The second-order valence-corrected chi connectivity index (χ2v) is 9.82. The summed E-state index contributed by atoms with van der Waals surface area (Å²) in [6, 6.07) is 17.6. The lowest BCUT2D eigenvalue weighted by Crippen LogP contribution is -2.54. The Balaban J connectivity index is 1.40. The molecule has 1 fully saturated rings. The second kappa shape index (κ2) is 9.93. The van der Waals surface area contributed by atoms with Gasteiger partial charge in [-0.3, -0.25) is 24.3 Å². The minimum absolute atomic E-state index is 0.0441. The SMILES string of the molecule is CC(C)(C)NC(=O)CN1CCN(CC(=O)N2c3ccccc3OCC2c2ccccc2)CC1. The Labute approximate surface area is 196 Å². The van der Waals surface area contributed by atoms with E-state index >= 15 is 0 Å². The first kappa shape index (κ1) is 23.3. The molecule has 2 aromatic rings. The van der Waals surface area contributed by atoms with Crippen molar-refractivity contribution in [3.63, 3.8) is 0 Å². The molecule has 1 unspecified atom stereocenters. The predicted molar refractivity (Wildman–Crippen MR) is 129 cm³/mol. The molecule has 0 aliphatic carbocycles. The number of hydrogen-bond acceptors (Lipinski definition) is 5. The molecule has 1 N–H and O–H groups in total. The number of carbonyl (C=O) groups excluding carboxylic acids is 2. The van der Waals surface area contributed by atoms with Crippen LogP contribution in [0.1, 0.15) is 32.4 Å². The van der Waals surface area contributed by atoms with E-state index in [1.165, 1.54) is 0 Å². The molecular formula is C26H34N4O3. The van der Waals surface area contributed by atoms with Crippen molar-refractivity contribution < 1.29 is 14.3 Å². The average Bonchev–Trinajstić information content (AvgIpc) is 2.79. The van der Waals surface area contributed by atoms with Crippen LogP contribution in [0.4, 0.5) is 5.69 Å². The Morgan fingerprint density at radius 1 is 0.909 bits per heavy atom. The number of nitrogens with zero attached hydrogens (tertiary/aromatic N) is 3. The highest BCUT2D eigenvalue weighted by atomic mass is 16.5. The number of para-hydroxylation sites is 2. The van der Waals surface area contributed by atoms with Crippen molar-refractivity contribution in [2.24, 2.45) is 0 Å². The summed E-state index contributed by atoms with van der Waals surface area (Å²) in [5.74, 6) is 0.855. The molecule has 0 spiro atoms. The van der Waals surface area contributed by atoms with Crippen molar-refractivity contribution in [1.29, 1.82) is 0 Å². The van der Waals surface area contributed by atoms with Gasteiger partial charge in [-0.05, 0) is 38.5 Å². The van der Waals surface area contributed by atoms with Crippen LogP contribution in [0.3, 0.4) is 0 Å². The number of anilines is 1. The number of hydrogen-bond donors (Lipinski definition) is 1. The molecule has 176 valence electrons. The second-order valence-electron chi connectivity index (χ2n) is 9.82. The summed E-state index contributed by atoms with van der Waals surface area (Å²) in [6.07, 6.45) is 0. The number of carbonyl (C=O) groups is 2. The molecule has 2 aromatic carbocycles. The lowest BCUT2D eigenvalue weighted by molar-refractivity contribution is -0.125. The predicted octanol–water partition coefficient (Wildman–Crippen LogP) is 2.69. The van der Waals surface area contributed by atoms with Gasteiger partial charge in [-0.2, -0.15) is 0 Å². The number of amides is 2. The molecule has 1 saturated heterocycles. The van der Waals surface area contributed by atoms with Gasteiger partial charge < -0.3 is 10.1 Å². The number of fused-ring (bicyclic) bond motifs is 1. The summed E-state index contributed by atoms with van der Waals surface area (Å²) in [5, 5.41) is 3.02. The molecule has 2 amide bonds. The fourth-order valence-corrected chi connectivity index (χ4v) is 4.45. The highest BCUT2D eigenvalue weighted by Crippen LogP contribution is 2.39. The molecule has 1 atom stereocenters. The van der Waals surface area contributed by atoms with Crippen LogP contribution in [-0.2, 0) is 9.59 Å². The normalized spacial score (nSPS) is 19.5. The topological polar surface area (TPSA) is 65.1 Å². The van der Waals surface area contributed by atoms with Gasteiger partial charge in [0.15, 0.2) is 0 Å². The van der Waals surface area contributed by atoms with E-state index in [2.05, 4.69) is 15.1 Å². The molecule has 0 saturated carbocycles. The fourth-order valence-electron chi connectivity index (χ4n) is 4.45. The van der Waals surface area contributed by atoms with Gasteiger partial charge in [0.25, 0.3) is 0 Å². The zero-order valence-corrected chi connectivity index (χ0v) is 19.8. The van der Waals surface area contributed by atoms with Crippen molar-refractivity contribution in [2.45, 2.75) is 32.4 Å². The molecular weight excluding hydrogens is 416 g/mol. The van der Waals surface area contributed by atoms with Crippen molar-refractivity contribution in [3.8, 4) is 5.75 Å². The highest BCUT2D eigenvalue weighted by molar-refractivity contribution is 5.97. The van der Waals surface area contributed by atoms with Crippen LogP contribution in [0.2, 0.25) is 0 Å². The monoisotopic (exact) mass is 450 g/mol. The summed E-state index contributed by atoms with van der Waals surface area (Å²) in [7, 11) is 0. The number of ether oxygens (including phenoxy) is 1. The smallest absolute Gasteiger partial charge is 0.241 e. The Bertz CT molecular complexity index is 965. The highest BCUT2D eigenvalue weighted by Gasteiger charge is 2.34. The van der Waals surface area contributed by atoms with Gasteiger partial charge in [-0.1, -0.05) is 42.5 Å². The van der Waals surface area contributed by atoms with E-state index in [-0.39, 0.29) is 23.4 Å². The number of benzene rings is 2. The number of nitrogens with one attached hydrogen (secondary N) is 1. The van der Waals surface area contributed by atoms with Crippen molar-refractivity contribution in [1.82, 2.24) is 15.1 Å². The zero-order chi connectivity index (χ0) is 23.4. The first-order valence-electron chi connectivity index (χ1n) is 11.6. The first-order valence-corrected chi connectivity index (χ1v) is 11.6. The van der Waals surface area contributed by atoms with Crippen LogP contribution in [0.25, 0.3) is 0 Å². The number of piperazine rings is 1. The number of rotatable bonds is 5. The Morgan fingerprint density at radius 2 is 1.52 bits per heavy atom. The Kier molecular flexibility index (Phi) is 7.00. The quantitative estimate of drug-likeness (QED) is 0.759. The van der Waals surface area contributed by atoms with Crippen molar-refractivity contribution >= 4 is 17.5 Å². The average molecular weight is 451 g/mol. The molecule has 4 rings (SSSR count). The lowest BCUT2D eigenvalue weighted by atomic mass is 10.0. The van der Waals surface area contributed by atoms with Crippen LogP contribution in [-0.4, -0.2) is 73.0 Å². The van der Waals surface area contributed by atoms with Gasteiger partial charge in [0.05, 0.1) is 24.8 Å². The summed E-state index contributed by atoms with van der Waals surface area (Å²) in [6.45, 7) is 10.2. The summed E-state index contributed by atoms with van der Waals surface area (Å²) in [5.41, 5.74) is 1.66. The molecule has 0 bridgehead atoms. The third-order valence-corrected chi connectivity index (χ3v) is 5.99. The van der Waals surface area contributed by atoms with E-state index < -0.39 is 0 Å². The van der Waals surface area contributed by atoms with Crippen LogP contribution in [0.15, 0.2) is 54.6 Å². The summed E-state index contributed by atoms with van der Waals surface area (Å²) < 4.78 is 5.99. The van der Waals surface area contributed by atoms with Gasteiger partial charge in [-0.15, -0.1) is 0 Å². The standard InChI is InChI=1S/C26H34N4O3/c1-26(2,3)27-24(31)17-28-13-15-29(16-14-28)18-25(32)30-21-11-7-8-12-23(21)33-19-22(30)20-9-5-4-6-10-20/h4-12,22H,13-19H2,1-3H3,(H,27,31). The maximum Gasteiger partial charge on any atom is 0.241 e. The Morgan fingerprint density at radius 3 is 2.18 bits per heavy atom. The maximum absolute atomic E-state index is 13.6. The molecule has 7 heteroatoms. The van der Waals surface area contributed by atoms with Crippen LogP contribution in [0, 0.1) is 0 Å². The van der Waals surface area contributed by atoms with Gasteiger partial charge in [0.1, 0.15) is 12.4 Å².